The molecule has 3 heteroatoms. The topological polar surface area (TPSA) is 24.9 Å². The van der Waals surface area contributed by atoms with E-state index >= 15 is 0 Å². The summed E-state index contributed by atoms with van der Waals surface area (Å²) in [6.07, 6.45) is 3.57. The zero-order chi connectivity index (χ0) is 13.5. The smallest absolute Gasteiger partial charge is 0.127 e. The third-order valence-electron chi connectivity index (χ3n) is 2.96. The number of benzene rings is 1. The number of hydrogen-bond donors (Lipinski definition) is 1. The molecule has 0 aliphatic rings. The summed E-state index contributed by atoms with van der Waals surface area (Å²) in [5.41, 5.74) is 2.82. The average molecular weight is 258 g/mol. The van der Waals surface area contributed by atoms with E-state index in [2.05, 4.69) is 17.2 Å². The molecule has 0 fully saturated rings. The molecular weight excluding hydrogens is 239 g/mol. The first-order valence-electron chi connectivity index (χ1n) is 6.67. The van der Waals surface area contributed by atoms with Crippen LogP contribution in [0.1, 0.15) is 30.2 Å². The van der Waals surface area contributed by atoms with Crippen LogP contribution in [0.4, 0.5) is 4.39 Å². The molecule has 0 amide bonds. The van der Waals surface area contributed by atoms with Gasteiger partial charge in [0.2, 0.25) is 0 Å². The van der Waals surface area contributed by atoms with Gasteiger partial charge in [0, 0.05) is 30.4 Å². The normalized spacial score (nSPS) is 10.6. The van der Waals surface area contributed by atoms with Crippen molar-refractivity contribution in [3.8, 4) is 0 Å². The average Bonchev–Trinajstić information content (AvgIpc) is 2.44. The van der Waals surface area contributed by atoms with E-state index in [9.17, 15) is 4.39 Å². The van der Waals surface area contributed by atoms with Gasteiger partial charge in [-0.3, -0.25) is 4.98 Å². The number of halogens is 1. The van der Waals surface area contributed by atoms with Gasteiger partial charge in [-0.2, -0.15) is 0 Å². The molecule has 1 heterocycles. The van der Waals surface area contributed by atoms with E-state index in [0.29, 0.717) is 6.54 Å². The Bertz CT molecular complexity index is 511. The van der Waals surface area contributed by atoms with Crippen molar-refractivity contribution in [3.05, 3.63) is 65.2 Å². The molecule has 0 aliphatic heterocycles. The molecule has 1 aromatic carbocycles. The van der Waals surface area contributed by atoms with Crippen molar-refractivity contribution in [1.82, 2.24) is 10.3 Å². The van der Waals surface area contributed by atoms with Crippen molar-refractivity contribution in [2.45, 2.75) is 26.3 Å². The monoisotopic (exact) mass is 258 g/mol. The Hall–Kier alpha value is -1.74. The number of pyridine rings is 1. The standard InChI is InChI=1S/C16H19FN2/c1-2-8-18-12-14-10-13(6-7-16(14)17)11-15-5-3-4-9-19-15/h3-7,9-10,18H,2,8,11-12H2,1H3. The summed E-state index contributed by atoms with van der Waals surface area (Å²) in [4.78, 5) is 4.29. The van der Waals surface area contributed by atoms with Crippen LogP contribution in [0.5, 0.6) is 0 Å². The fourth-order valence-electron chi connectivity index (χ4n) is 1.99. The van der Waals surface area contributed by atoms with Gasteiger partial charge in [0.05, 0.1) is 0 Å². The second kappa shape index (κ2) is 7.00. The minimum Gasteiger partial charge on any atom is -0.313 e. The summed E-state index contributed by atoms with van der Waals surface area (Å²) in [7, 11) is 0. The SMILES string of the molecule is CCCNCc1cc(Cc2ccccn2)ccc1F. The summed E-state index contributed by atoms with van der Waals surface area (Å²) in [6.45, 7) is 3.58. The van der Waals surface area contributed by atoms with E-state index in [4.69, 9.17) is 0 Å². The molecule has 0 aliphatic carbocycles. The van der Waals surface area contributed by atoms with Crippen LogP contribution in [0.3, 0.4) is 0 Å². The van der Waals surface area contributed by atoms with Gasteiger partial charge in [-0.15, -0.1) is 0 Å². The summed E-state index contributed by atoms with van der Waals surface area (Å²) in [6, 6.07) is 11.1. The van der Waals surface area contributed by atoms with Crippen LogP contribution in [0.2, 0.25) is 0 Å². The summed E-state index contributed by atoms with van der Waals surface area (Å²) in [5, 5.41) is 3.23. The van der Waals surface area contributed by atoms with E-state index in [1.54, 1.807) is 12.3 Å². The highest BCUT2D eigenvalue weighted by Crippen LogP contribution is 2.13. The second-order valence-corrected chi connectivity index (χ2v) is 4.60. The van der Waals surface area contributed by atoms with Gasteiger partial charge in [-0.25, -0.2) is 4.39 Å². The van der Waals surface area contributed by atoms with Gasteiger partial charge in [-0.1, -0.05) is 25.1 Å². The molecule has 1 aromatic heterocycles. The molecule has 2 aromatic rings. The number of nitrogens with zero attached hydrogens (tertiary/aromatic N) is 1. The van der Waals surface area contributed by atoms with E-state index in [1.807, 2.05) is 30.3 Å². The molecule has 19 heavy (non-hydrogen) atoms. The highest BCUT2D eigenvalue weighted by atomic mass is 19.1. The van der Waals surface area contributed by atoms with Crippen LogP contribution in [0, 0.1) is 5.82 Å². The molecule has 0 atom stereocenters. The molecule has 100 valence electrons. The predicted octanol–water partition coefficient (Wildman–Crippen LogP) is 3.31. The van der Waals surface area contributed by atoms with Crippen molar-refractivity contribution < 1.29 is 4.39 Å². The number of aromatic nitrogens is 1. The maximum atomic E-state index is 13.7. The van der Waals surface area contributed by atoms with Crippen molar-refractivity contribution >= 4 is 0 Å². The third kappa shape index (κ3) is 4.14. The van der Waals surface area contributed by atoms with Crippen LogP contribution < -0.4 is 5.32 Å². The lowest BCUT2D eigenvalue weighted by Crippen LogP contribution is -2.15. The Morgan fingerprint density at radius 2 is 2.11 bits per heavy atom. The fraction of sp³-hybridized carbons (Fsp3) is 0.312. The van der Waals surface area contributed by atoms with Crippen LogP contribution in [0.15, 0.2) is 42.6 Å². The molecule has 0 radical (unpaired) electrons. The van der Waals surface area contributed by atoms with Crippen molar-refractivity contribution in [2.75, 3.05) is 6.54 Å². The molecule has 0 saturated heterocycles. The van der Waals surface area contributed by atoms with Crippen molar-refractivity contribution in [3.63, 3.8) is 0 Å². The first-order chi connectivity index (χ1) is 9.29. The molecule has 2 nitrogen and oxygen atoms in total. The van der Waals surface area contributed by atoms with E-state index < -0.39 is 0 Å². The fourth-order valence-corrected chi connectivity index (χ4v) is 1.99. The number of nitrogens with one attached hydrogen (secondary N) is 1. The van der Waals surface area contributed by atoms with E-state index in [-0.39, 0.29) is 5.82 Å². The maximum absolute atomic E-state index is 13.7. The Morgan fingerprint density at radius 1 is 1.21 bits per heavy atom. The quantitative estimate of drug-likeness (QED) is 0.804. The van der Waals surface area contributed by atoms with Gasteiger partial charge in [-0.05, 0) is 36.7 Å². The van der Waals surface area contributed by atoms with Gasteiger partial charge < -0.3 is 5.32 Å². The highest BCUT2D eigenvalue weighted by molar-refractivity contribution is 5.28. The van der Waals surface area contributed by atoms with Gasteiger partial charge >= 0.3 is 0 Å². The lowest BCUT2D eigenvalue weighted by molar-refractivity contribution is 0.585. The second-order valence-electron chi connectivity index (χ2n) is 4.60. The first-order valence-corrected chi connectivity index (χ1v) is 6.67. The number of hydrogen-bond acceptors (Lipinski definition) is 2. The first kappa shape index (κ1) is 13.7. The highest BCUT2D eigenvalue weighted by Gasteiger charge is 2.04. The van der Waals surface area contributed by atoms with Crippen LogP contribution in [0.25, 0.3) is 0 Å². The lowest BCUT2D eigenvalue weighted by atomic mass is 10.1. The van der Waals surface area contributed by atoms with Crippen molar-refractivity contribution in [2.24, 2.45) is 0 Å². The van der Waals surface area contributed by atoms with Crippen LogP contribution in [-0.2, 0) is 13.0 Å². The zero-order valence-corrected chi connectivity index (χ0v) is 11.2. The van der Waals surface area contributed by atoms with Crippen LogP contribution >= 0.6 is 0 Å². The summed E-state index contributed by atoms with van der Waals surface area (Å²) in [5.74, 6) is -0.145. The molecular formula is C16H19FN2. The number of rotatable bonds is 6. The van der Waals surface area contributed by atoms with Crippen molar-refractivity contribution in [1.29, 1.82) is 0 Å². The molecule has 1 N–H and O–H groups in total. The lowest BCUT2D eigenvalue weighted by Gasteiger charge is -2.08. The van der Waals surface area contributed by atoms with Gasteiger partial charge in [0.25, 0.3) is 0 Å². The summed E-state index contributed by atoms with van der Waals surface area (Å²) < 4.78 is 13.7. The maximum Gasteiger partial charge on any atom is 0.127 e. The minimum atomic E-state index is -0.145. The Balaban J connectivity index is 2.07. The molecule has 2 rings (SSSR count). The molecule has 0 bridgehead atoms. The van der Waals surface area contributed by atoms with E-state index in [0.717, 1.165) is 36.2 Å². The molecule has 0 unspecified atom stereocenters. The zero-order valence-electron chi connectivity index (χ0n) is 11.2. The Labute approximate surface area is 113 Å². The third-order valence-corrected chi connectivity index (χ3v) is 2.96. The van der Waals surface area contributed by atoms with Gasteiger partial charge in [0.1, 0.15) is 5.82 Å². The van der Waals surface area contributed by atoms with Gasteiger partial charge in [0.15, 0.2) is 0 Å². The predicted molar refractivity (Wildman–Crippen MR) is 75.4 cm³/mol. The van der Waals surface area contributed by atoms with E-state index in [1.165, 1.54) is 0 Å². The minimum absolute atomic E-state index is 0.145. The molecule has 0 saturated carbocycles. The largest absolute Gasteiger partial charge is 0.313 e. The Kier molecular flexibility index (Phi) is 5.04. The molecule has 0 spiro atoms. The summed E-state index contributed by atoms with van der Waals surface area (Å²) >= 11 is 0. The Morgan fingerprint density at radius 3 is 2.84 bits per heavy atom. The van der Waals surface area contributed by atoms with Crippen LogP contribution in [-0.4, -0.2) is 11.5 Å².